The Morgan fingerprint density at radius 3 is 2.81 bits per heavy atom. The van der Waals surface area contributed by atoms with Gasteiger partial charge in [-0.05, 0) is 12.8 Å². The average molecular weight is 311 g/mol. The predicted octanol–water partition coefficient (Wildman–Crippen LogP) is 1.25. The van der Waals surface area contributed by atoms with Crippen molar-refractivity contribution in [2.45, 2.75) is 50.7 Å². The van der Waals surface area contributed by atoms with Gasteiger partial charge in [-0.15, -0.1) is 0 Å². The van der Waals surface area contributed by atoms with Gasteiger partial charge in [-0.2, -0.15) is 5.10 Å². The number of aryl methyl sites for hydroxylation is 1. The first-order valence-electron chi connectivity index (χ1n) is 7.05. The molecule has 2 rings (SSSR count). The molecule has 0 saturated heterocycles. The first-order valence-corrected chi connectivity index (χ1v) is 8.54. The third-order valence-corrected chi connectivity index (χ3v) is 4.65. The molecule has 0 spiro atoms. The van der Waals surface area contributed by atoms with Crippen LogP contribution in [0.5, 0.6) is 0 Å². The molecule has 0 aromatic carbocycles. The standard InChI is InChI=1S/C13H21N5O2S/c1-3-6-18-10-13(8-15-18)21(19,20)16-12(4-2)9-17-7-5-14-11-17/h5,7-8,10-12,16H,3-4,6,9H2,1-2H3/t12-/m0/s1. The summed E-state index contributed by atoms with van der Waals surface area (Å²) in [6.07, 6.45) is 9.73. The third kappa shape index (κ3) is 4.15. The van der Waals surface area contributed by atoms with Crippen LogP contribution in [0.4, 0.5) is 0 Å². The third-order valence-electron chi connectivity index (χ3n) is 3.18. The van der Waals surface area contributed by atoms with Gasteiger partial charge < -0.3 is 4.57 Å². The summed E-state index contributed by atoms with van der Waals surface area (Å²) in [5, 5.41) is 4.06. The minimum absolute atomic E-state index is 0.182. The van der Waals surface area contributed by atoms with E-state index in [-0.39, 0.29) is 10.9 Å². The second-order valence-corrected chi connectivity index (χ2v) is 6.64. The van der Waals surface area contributed by atoms with E-state index in [1.54, 1.807) is 23.4 Å². The fourth-order valence-corrected chi connectivity index (χ4v) is 3.28. The molecule has 0 amide bonds. The Kier molecular flexibility index (Phi) is 5.13. The maximum Gasteiger partial charge on any atom is 0.244 e. The molecule has 2 heterocycles. The summed E-state index contributed by atoms with van der Waals surface area (Å²) in [5.41, 5.74) is 0. The largest absolute Gasteiger partial charge is 0.336 e. The van der Waals surface area contributed by atoms with Crippen LogP contribution in [-0.4, -0.2) is 33.8 Å². The Bertz CT molecular complexity index is 648. The van der Waals surface area contributed by atoms with E-state index in [1.807, 2.05) is 24.6 Å². The smallest absolute Gasteiger partial charge is 0.244 e. The van der Waals surface area contributed by atoms with Crippen molar-refractivity contribution in [1.29, 1.82) is 0 Å². The molecule has 0 aliphatic heterocycles. The number of sulfonamides is 1. The van der Waals surface area contributed by atoms with E-state index in [2.05, 4.69) is 14.8 Å². The Labute approximate surface area is 125 Å². The quantitative estimate of drug-likeness (QED) is 0.795. The minimum Gasteiger partial charge on any atom is -0.336 e. The van der Waals surface area contributed by atoms with E-state index in [9.17, 15) is 8.42 Å². The van der Waals surface area contributed by atoms with Crippen molar-refractivity contribution in [3.8, 4) is 0 Å². The Balaban J connectivity index is 2.07. The van der Waals surface area contributed by atoms with E-state index in [0.29, 0.717) is 19.5 Å². The Hall–Kier alpha value is -1.67. The highest BCUT2D eigenvalue weighted by molar-refractivity contribution is 7.89. The molecule has 2 aromatic rings. The van der Waals surface area contributed by atoms with E-state index in [1.165, 1.54) is 6.20 Å². The molecule has 116 valence electrons. The highest BCUT2D eigenvalue weighted by Crippen LogP contribution is 2.10. The summed E-state index contributed by atoms with van der Waals surface area (Å²) >= 11 is 0. The molecule has 7 nitrogen and oxygen atoms in total. The van der Waals surface area contributed by atoms with Crippen molar-refractivity contribution >= 4 is 10.0 Å². The lowest BCUT2D eigenvalue weighted by atomic mass is 10.2. The first kappa shape index (κ1) is 15.7. The van der Waals surface area contributed by atoms with Gasteiger partial charge in [0.05, 0.1) is 12.5 Å². The predicted molar refractivity (Wildman–Crippen MR) is 79.1 cm³/mol. The van der Waals surface area contributed by atoms with Crippen LogP contribution in [0.3, 0.4) is 0 Å². The maximum absolute atomic E-state index is 12.4. The molecule has 1 N–H and O–H groups in total. The molecular formula is C13H21N5O2S. The summed E-state index contributed by atoms with van der Waals surface area (Å²) in [4.78, 5) is 4.17. The van der Waals surface area contributed by atoms with Gasteiger partial charge in [-0.3, -0.25) is 4.68 Å². The SMILES string of the molecule is CCCn1cc(S(=O)(=O)N[C@@H](CC)Cn2ccnc2)cn1. The highest BCUT2D eigenvalue weighted by Gasteiger charge is 2.21. The summed E-state index contributed by atoms with van der Waals surface area (Å²) in [6, 6.07) is -0.182. The summed E-state index contributed by atoms with van der Waals surface area (Å²) < 4.78 is 30.9. The number of hydrogen-bond acceptors (Lipinski definition) is 4. The number of aromatic nitrogens is 4. The molecule has 0 aliphatic carbocycles. The van der Waals surface area contributed by atoms with Crippen molar-refractivity contribution in [3.05, 3.63) is 31.1 Å². The van der Waals surface area contributed by atoms with E-state index >= 15 is 0 Å². The number of nitrogens with one attached hydrogen (secondary N) is 1. The van der Waals surface area contributed by atoms with Crippen LogP contribution in [0.25, 0.3) is 0 Å². The molecule has 0 unspecified atom stereocenters. The molecule has 21 heavy (non-hydrogen) atoms. The zero-order valence-corrected chi connectivity index (χ0v) is 13.1. The second kappa shape index (κ2) is 6.86. The molecule has 0 radical (unpaired) electrons. The van der Waals surface area contributed by atoms with Gasteiger partial charge in [0.25, 0.3) is 0 Å². The first-order chi connectivity index (χ1) is 10.0. The monoisotopic (exact) mass is 311 g/mol. The van der Waals surface area contributed by atoms with Gasteiger partial charge in [-0.1, -0.05) is 13.8 Å². The van der Waals surface area contributed by atoms with Crippen molar-refractivity contribution in [2.75, 3.05) is 0 Å². The normalized spacial score (nSPS) is 13.4. The van der Waals surface area contributed by atoms with Gasteiger partial charge in [0, 0.05) is 37.7 Å². The summed E-state index contributed by atoms with van der Waals surface area (Å²) in [7, 11) is -3.54. The van der Waals surface area contributed by atoms with Crippen LogP contribution in [-0.2, 0) is 23.1 Å². The fraction of sp³-hybridized carbons (Fsp3) is 0.538. The second-order valence-electron chi connectivity index (χ2n) is 4.93. The zero-order valence-electron chi connectivity index (χ0n) is 12.3. The van der Waals surface area contributed by atoms with Crippen molar-refractivity contribution < 1.29 is 8.42 Å². The summed E-state index contributed by atoms with van der Waals surface area (Å²) in [5.74, 6) is 0. The van der Waals surface area contributed by atoms with Crippen LogP contribution in [0.1, 0.15) is 26.7 Å². The van der Waals surface area contributed by atoms with Gasteiger partial charge in [0.15, 0.2) is 0 Å². The Morgan fingerprint density at radius 2 is 2.19 bits per heavy atom. The number of imidazole rings is 1. The molecule has 2 aromatic heterocycles. The molecule has 1 atom stereocenters. The maximum atomic E-state index is 12.4. The van der Waals surface area contributed by atoms with Crippen LogP contribution in [0, 0.1) is 0 Å². The summed E-state index contributed by atoms with van der Waals surface area (Å²) in [6.45, 7) is 5.23. The van der Waals surface area contributed by atoms with Gasteiger partial charge >= 0.3 is 0 Å². The lowest BCUT2D eigenvalue weighted by Gasteiger charge is -2.16. The van der Waals surface area contributed by atoms with E-state index < -0.39 is 10.0 Å². The number of hydrogen-bond donors (Lipinski definition) is 1. The Morgan fingerprint density at radius 1 is 1.38 bits per heavy atom. The lowest BCUT2D eigenvalue weighted by Crippen LogP contribution is -2.37. The van der Waals surface area contributed by atoms with E-state index in [4.69, 9.17) is 0 Å². The molecule has 0 saturated carbocycles. The van der Waals surface area contributed by atoms with Crippen molar-refractivity contribution in [2.24, 2.45) is 0 Å². The molecule has 0 bridgehead atoms. The van der Waals surface area contributed by atoms with Crippen LogP contribution < -0.4 is 4.72 Å². The van der Waals surface area contributed by atoms with Crippen molar-refractivity contribution in [3.63, 3.8) is 0 Å². The molecule has 8 heteroatoms. The van der Waals surface area contributed by atoms with Crippen molar-refractivity contribution in [1.82, 2.24) is 24.1 Å². The lowest BCUT2D eigenvalue weighted by molar-refractivity contribution is 0.484. The topological polar surface area (TPSA) is 81.8 Å². The fourth-order valence-electron chi connectivity index (χ4n) is 2.02. The number of nitrogens with zero attached hydrogens (tertiary/aromatic N) is 4. The van der Waals surface area contributed by atoms with Crippen LogP contribution in [0.2, 0.25) is 0 Å². The minimum atomic E-state index is -3.54. The van der Waals surface area contributed by atoms with Gasteiger partial charge in [0.1, 0.15) is 4.90 Å². The molecule has 0 fully saturated rings. The van der Waals surface area contributed by atoms with Gasteiger partial charge in [-0.25, -0.2) is 18.1 Å². The molecule has 0 aliphatic rings. The molecular weight excluding hydrogens is 290 g/mol. The van der Waals surface area contributed by atoms with E-state index in [0.717, 1.165) is 6.42 Å². The van der Waals surface area contributed by atoms with Crippen LogP contribution >= 0.6 is 0 Å². The van der Waals surface area contributed by atoms with Crippen LogP contribution in [0.15, 0.2) is 36.0 Å². The van der Waals surface area contributed by atoms with Gasteiger partial charge in [0.2, 0.25) is 10.0 Å². The average Bonchev–Trinajstić information content (AvgIpc) is 3.09. The number of rotatable bonds is 8. The highest BCUT2D eigenvalue weighted by atomic mass is 32.2. The zero-order chi connectivity index (χ0) is 15.3.